The molecule has 1 N–H and O–H groups in total. The lowest BCUT2D eigenvalue weighted by atomic mass is 10.1. The highest BCUT2D eigenvalue weighted by Gasteiger charge is 2.12. The number of hydrazone groups is 1. The molecule has 0 saturated heterocycles. The highest BCUT2D eigenvalue weighted by Crippen LogP contribution is 2.23. The molecule has 0 radical (unpaired) electrons. The minimum atomic E-state index is -3.74. The molecule has 3 aromatic rings. The second-order valence-electron chi connectivity index (χ2n) is 5.59. The second-order valence-corrected chi connectivity index (χ2v) is 7.61. The fourth-order valence-corrected chi connectivity index (χ4v) is 3.29. The monoisotopic (exact) mass is 389 g/mol. The molecule has 26 heavy (non-hydrogen) atoms. The Balaban J connectivity index is 1.85. The normalized spacial score (nSPS) is 11.8. The van der Waals surface area contributed by atoms with Gasteiger partial charge < -0.3 is 4.74 Å². The van der Waals surface area contributed by atoms with Gasteiger partial charge in [-0.25, -0.2) is 9.82 Å². The van der Waals surface area contributed by atoms with Crippen LogP contribution in [0.5, 0.6) is 5.75 Å². The number of aryl methyl sites for hydroxylation is 1. The Labute approximate surface area is 156 Å². The zero-order chi connectivity index (χ0) is 18.7. The van der Waals surface area contributed by atoms with Crippen LogP contribution in [0.2, 0.25) is 5.15 Å². The van der Waals surface area contributed by atoms with Gasteiger partial charge in [0.25, 0.3) is 10.0 Å². The van der Waals surface area contributed by atoms with Gasteiger partial charge in [0.15, 0.2) is 0 Å². The number of fused-ring (bicyclic) bond motifs is 1. The van der Waals surface area contributed by atoms with Crippen molar-refractivity contribution in [1.82, 2.24) is 9.82 Å². The first kappa shape index (κ1) is 18.2. The SMILES string of the molecule is COc1ccc2nc(Cl)c(/C=N\NS(=O)(=O)c3ccc(C)cc3)cc2c1. The zero-order valence-electron chi connectivity index (χ0n) is 14.1. The number of nitrogens with zero attached hydrogens (tertiary/aromatic N) is 2. The van der Waals surface area contributed by atoms with Crippen LogP contribution in [0.1, 0.15) is 11.1 Å². The van der Waals surface area contributed by atoms with E-state index in [1.807, 2.05) is 13.0 Å². The Morgan fingerprint density at radius 3 is 2.58 bits per heavy atom. The van der Waals surface area contributed by atoms with Crippen molar-refractivity contribution >= 4 is 38.7 Å². The number of ether oxygens (including phenoxy) is 1. The Kier molecular flexibility index (Phi) is 5.11. The zero-order valence-corrected chi connectivity index (χ0v) is 15.7. The van der Waals surface area contributed by atoms with E-state index in [0.29, 0.717) is 16.8 Å². The number of hydrogen-bond acceptors (Lipinski definition) is 5. The summed E-state index contributed by atoms with van der Waals surface area (Å²) in [4.78, 5) is 6.58. The van der Waals surface area contributed by atoms with E-state index in [2.05, 4.69) is 14.9 Å². The van der Waals surface area contributed by atoms with Crippen molar-refractivity contribution in [2.75, 3.05) is 7.11 Å². The number of rotatable bonds is 5. The fraction of sp³-hybridized carbons (Fsp3) is 0.111. The lowest BCUT2D eigenvalue weighted by Gasteiger charge is -2.05. The summed E-state index contributed by atoms with van der Waals surface area (Å²) in [5.41, 5.74) is 2.16. The molecule has 0 unspecified atom stereocenters. The van der Waals surface area contributed by atoms with Gasteiger partial charge in [-0.15, -0.1) is 0 Å². The maximum atomic E-state index is 12.2. The van der Waals surface area contributed by atoms with Gasteiger partial charge in [0, 0.05) is 10.9 Å². The first-order valence-corrected chi connectivity index (χ1v) is 9.51. The van der Waals surface area contributed by atoms with Crippen LogP contribution in [0.25, 0.3) is 10.9 Å². The lowest BCUT2D eigenvalue weighted by molar-refractivity contribution is 0.415. The Bertz CT molecular complexity index is 1080. The molecule has 0 spiro atoms. The van der Waals surface area contributed by atoms with Gasteiger partial charge in [-0.2, -0.15) is 13.5 Å². The summed E-state index contributed by atoms with van der Waals surface area (Å²) in [5.74, 6) is 0.685. The van der Waals surface area contributed by atoms with E-state index >= 15 is 0 Å². The van der Waals surface area contributed by atoms with Crippen LogP contribution < -0.4 is 9.57 Å². The summed E-state index contributed by atoms with van der Waals surface area (Å²) < 4.78 is 29.6. The van der Waals surface area contributed by atoms with Crippen molar-refractivity contribution in [3.05, 3.63) is 64.8 Å². The quantitative estimate of drug-likeness (QED) is 0.411. The molecule has 0 fully saturated rings. The number of halogens is 1. The molecule has 8 heteroatoms. The molecule has 6 nitrogen and oxygen atoms in total. The summed E-state index contributed by atoms with van der Waals surface area (Å²) in [6.07, 6.45) is 1.32. The van der Waals surface area contributed by atoms with Gasteiger partial charge in [-0.1, -0.05) is 29.3 Å². The number of benzene rings is 2. The second kappa shape index (κ2) is 7.31. The van der Waals surface area contributed by atoms with Crippen molar-refractivity contribution in [3.8, 4) is 5.75 Å². The van der Waals surface area contributed by atoms with Crippen molar-refractivity contribution < 1.29 is 13.2 Å². The molecule has 1 heterocycles. The largest absolute Gasteiger partial charge is 0.497 e. The maximum absolute atomic E-state index is 12.2. The van der Waals surface area contributed by atoms with Crippen molar-refractivity contribution in [2.24, 2.45) is 5.10 Å². The van der Waals surface area contributed by atoms with Crippen LogP contribution >= 0.6 is 11.6 Å². The van der Waals surface area contributed by atoms with Crippen LogP contribution in [0.4, 0.5) is 0 Å². The van der Waals surface area contributed by atoms with Gasteiger partial charge in [0.1, 0.15) is 10.9 Å². The molecule has 0 aliphatic heterocycles. The van der Waals surface area contributed by atoms with Crippen molar-refractivity contribution in [3.63, 3.8) is 0 Å². The summed E-state index contributed by atoms with van der Waals surface area (Å²) >= 11 is 6.15. The van der Waals surface area contributed by atoms with Crippen LogP contribution in [0, 0.1) is 6.92 Å². The number of sulfonamides is 1. The molecule has 3 rings (SSSR count). The molecular weight excluding hydrogens is 374 g/mol. The molecule has 0 amide bonds. The third-order valence-corrected chi connectivity index (χ3v) is 5.25. The van der Waals surface area contributed by atoms with Gasteiger partial charge >= 0.3 is 0 Å². The predicted molar refractivity (Wildman–Crippen MR) is 102 cm³/mol. The molecule has 0 saturated carbocycles. The molecule has 0 bridgehead atoms. The summed E-state index contributed by atoms with van der Waals surface area (Å²) in [7, 11) is -2.17. The van der Waals surface area contributed by atoms with Gasteiger partial charge in [0.05, 0.1) is 23.7 Å². The highest BCUT2D eigenvalue weighted by molar-refractivity contribution is 7.89. The highest BCUT2D eigenvalue weighted by atomic mass is 35.5. The Morgan fingerprint density at radius 2 is 1.88 bits per heavy atom. The fourth-order valence-electron chi connectivity index (χ4n) is 2.30. The van der Waals surface area contributed by atoms with Crippen LogP contribution in [0.15, 0.2) is 58.5 Å². The minimum Gasteiger partial charge on any atom is -0.497 e. The van der Waals surface area contributed by atoms with Crippen molar-refractivity contribution in [1.29, 1.82) is 0 Å². The van der Waals surface area contributed by atoms with Crippen LogP contribution in [-0.2, 0) is 10.0 Å². The first-order valence-electron chi connectivity index (χ1n) is 7.65. The predicted octanol–water partition coefficient (Wildman–Crippen LogP) is 3.52. The third-order valence-electron chi connectivity index (χ3n) is 3.71. The minimum absolute atomic E-state index is 0.132. The van der Waals surface area contributed by atoms with Crippen molar-refractivity contribution in [2.45, 2.75) is 11.8 Å². The van der Waals surface area contributed by atoms with E-state index in [0.717, 1.165) is 10.9 Å². The summed E-state index contributed by atoms with van der Waals surface area (Å²) in [6.45, 7) is 1.88. The van der Waals surface area contributed by atoms with E-state index in [4.69, 9.17) is 16.3 Å². The smallest absolute Gasteiger partial charge is 0.276 e. The third kappa shape index (κ3) is 3.95. The maximum Gasteiger partial charge on any atom is 0.276 e. The number of aromatic nitrogens is 1. The lowest BCUT2D eigenvalue weighted by Crippen LogP contribution is -2.18. The number of hydrogen-bond donors (Lipinski definition) is 1. The molecule has 0 aliphatic rings. The summed E-state index contributed by atoms with van der Waals surface area (Å²) in [5, 5.41) is 4.83. The van der Waals surface area contributed by atoms with E-state index in [1.54, 1.807) is 37.4 Å². The van der Waals surface area contributed by atoms with E-state index in [1.165, 1.54) is 18.3 Å². The molecule has 0 aliphatic carbocycles. The van der Waals surface area contributed by atoms with E-state index < -0.39 is 10.0 Å². The molecule has 134 valence electrons. The molecule has 2 aromatic carbocycles. The standard InChI is InChI=1S/C18H16ClN3O3S/c1-12-3-6-16(7-4-12)26(23,24)22-20-11-14-9-13-10-15(25-2)5-8-17(13)21-18(14)19/h3-11,22H,1-2H3/b20-11-. The average Bonchev–Trinajstić information content (AvgIpc) is 2.62. The van der Waals surface area contributed by atoms with Gasteiger partial charge in [0.2, 0.25) is 0 Å². The number of pyridine rings is 1. The average molecular weight is 390 g/mol. The van der Waals surface area contributed by atoms with E-state index in [9.17, 15) is 8.42 Å². The topological polar surface area (TPSA) is 80.7 Å². The van der Waals surface area contributed by atoms with Crippen LogP contribution in [0.3, 0.4) is 0 Å². The van der Waals surface area contributed by atoms with Gasteiger partial charge in [-0.05, 0) is 43.3 Å². The Morgan fingerprint density at radius 1 is 1.15 bits per heavy atom. The Hall–Kier alpha value is -2.64. The van der Waals surface area contributed by atoms with Gasteiger partial charge in [-0.3, -0.25) is 0 Å². The van der Waals surface area contributed by atoms with E-state index in [-0.39, 0.29) is 10.0 Å². The molecule has 0 atom stereocenters. The van der Waals surface area contributed by atoms with Crippen LogP contribution in [-0.4, -0.2) is 26.7 Å². The molecule has 1 aromatic heterocycles. The summed E-state index contributed by atoms with van der Waals surface area (Å²) in [6, 6.07) is 13.6. The molecular formula is C18H16ClN3O3S. The number of methoxy groups -OCH3 is 1. The number of nitrogens with one attached hydrogen (secondary N) is 1. The first-order chi connectivity index (χ1) is 12.4.